The summed E-state index contributed by atoms with van der Waals surface area (Å²) in [5.74, 6) is -1.79. The van der Waals surface area contributed by atoms with Crippen LogP contribution in [-0.4, -0.2) is 33.7 Å². The molecule has 1 aliphatic carbocycles. The Morgan fingerprint density at radius 2 is 2.00 bits per heavy atom. The van der Waals surface area contributed by atoms with Gasteiger partial charge in [-0.05, 0) is 37.6 Å². The lowest BCUT2D eigenvalue weighted by Gasteiger charge is -2.44. The largest absolute Gasteiger partial charge is 0.505 e. The first-order valence-corrected chi connectivity index (χ1v) is 7.33. The minimum absolute atomic E-state index is 0.115. The van der Waals surface area contributed by atoms with Gasteiger partial charge in [0.15, 0.2) is 11.6 Å². The lowest BCUT2D eigenvalue weighted by Crippen LogP contribution is -2.49. The summed E-state index contributed by atoms with van der Waals surface area (Å²) in [5, 5.41) is 18.4. The van der Waals surface area contributed by atoms with Crippen molar-refractivity contribution in [3.63, 3.8) is 0 Å². The van der Waals surface area contributed by atoms with Crippen molar-refractivity contribution in [1.82, 2.24) is 4.90 Å². The third-order valence-corrected chi connectivity index (χ3v) is 4.51. The second-order valence-electron chi connectivity index (χ2n) is 6.00. The Morgan fingerprint density at radius 3 is 2.57 bits per heavy atom. The number of hydrogen-bond donors (Lipinski definition) is 2. The number of carboxylic acids is 1. The minimum atomic E-state index is -0.791. The summed E-state index contributed by atoms with van der Waals surface area (Å²) in [5.41, 5.74) is 0.390. The number of phenolic OH excluding ortho intramolecular Hbond substituents is 1. The highest BCUT2D eigenvalue weighted by Crippen LogP contribution is 2.36. The fourth-order valence-electron chi connectivity index (χ4n) is 3.28. The molecule has 0 aliphatic heterocycles. The van der Waals surface area contributed by atoms with Crippen LogP contribution in [-0.2, 0) is 11.3 Å². The molecule has 1 fully saturated rings. The van der Waals surface area contributed by atoms with E-state index in [1.807, 2.05) is 11.9 Å². The highest BCUT2D eigenvalue weighted by atomic mass is 19.1. The van der Waals surface area contributed by atoms with Gasteiger partial charge in [0, 0.05) is 12.1 Å². The molecule has 0 amide bonds. The molecular weight excluding hydrogens is 273 g/mol. The van der Waals surface area contributed by atoms with Gasteiger partial charge in [0.2, 0.25) is 0 Å². The molecule has 21 heavy (non-hydrogen) atoms. The Balaban J connectivity index is 2.15. The van der Waals surface area contributed by atoms with E-state index in [1.165, 1.54) is 12.1 Å². The van der Waals surface area contributed by atoms with Crippen LogP contribution >= 0.6 is 0 Å². The number of nitrogens with zero attached hydrogens (tertiary/aromatic N) is 1. The molecule has 2 rings (SSSR count). The molecule has 2 N–H and O–H groups in total. The van der Waals surface area contributed by atoms with Crippen LogP contribution in [0.15, 0.2) is 18.2 Å². The highest BCUT2D eigenvalue weighted by molar-refractivity contribution is 5.68. The Kier molecular flexibility index (Phi) is 4.83. The van der Waals surface area contributed by atoms with Gasteiger partial charge < -0.3 is 10.2 Å². The molecule has 0 unspecified atom stereocenters. The van der Waals surface area contributed by atoms with Crippen LogP contribution in [0.25, 0.3) is 0 Å². The van der Waals surface area contributed by atoms with E-state index in [0.717, 1.165) is 37.7 Å². The quantitative estimate of drug-likeness (QED) is 0.876. The van der Waals surface area contributed by atoms with Gasteiger partial charge in [-0.2, -0.15) is 0 Å². The number of carbonyl (C=O) groups is 1. The van der Waals surface area contributed by atoms with Crippen LogP contribution in [0.1, 0.15) is 44.1 Å². The first-order chi connectivity index (χ1) is 9.93. The maximum absolute atomic E-state index is 13.4. The van der Waals surface area contributed by atoms with Crippen LogP contribution in [0.5, 0.6) is 5.75 Å². The van der Waals surface area contributed by atoms with Crippen LogP contribution in [0.3, 0.4) is 0 Å². The summed E-state index contributed by atoms with van der Waals surface area (Å²) in [6.07, 6.45) is 5.03. The van der Waals surface area contributed by atoms with Crippen molar-refractivity contribution in [3.05, 3.63) is 29.6 Å². The molecule has 5 heteroatoms. The van der Waals surface area contributed by atoms with Crippen LogP contribution in [0.4, 0.5) is 4.39 Å². The van der Waals surface area contributed by atoms with Crippen molar-refractivity contribution in [2.24, 2.45) is 0 Å². The number of halogens is 1. The molecule has 0 atom stereocenters. The summed E-state index contributed by atoms with van der Waals surface area (Å²) in [4.78, 5) is 13.2. The zero-order valence-electron chi connectivity index (χ0n) is 12.3. The summed E-state index contributed by atoms with van der Waals surface area (Å²) in [6.45, 7) is 0.477. The van der Waals surface area contributed by atoms with E-state index in [1.54, 1.807) is 6.07 Å². The zero-order valence-corrected chi connectivity index (χ0v) is 12.3. The molecule has 1 aromatic rings. The third-order valence-electron chi connectivity index (χ3n) is 4.51. The Bertz CT molecular complexity index is 512. The van der Waals surface area contributed by atoms with Gasteiger partial charge >= 0.3 is 5.97 Å². The van der Waals surface area contributed by atoms with E-state index in [0.29, 0.717) is 6.54 Å². The molecule has 1 aromatic carbocycles. The van der Waals surface area contributed by atoms with Crippen LogP contribution in [0, 0.1) is 5.82 Å². The van der Waals surface area contributed by atoms with Crippen molar-refractivity contribution in [3.8, 4) is 5.75 Å². The lowest BCUT2D eigenvalue weighted by atomic mass is 9.78. The number of carboxylic acid groups (broad SMARTS) is 1. The van der Waals surface area contributed by atoms with Gasteiger partial charge in [-0.3, -0.25) is 9.69 Å². The normalized spacial score (nSPS) is 17.9. The number of rotatable bonds is 5. The highest BCUT2D eigenvalue weighted by Gasteiger charge is 2.38. The van der Waals surface area contributed by atoms with Gasteiger partial charge in [-0.15, -0.1) is 0 Å². The number of benzene rings is 1. The molecule has 1 aliphatic rings. The second kappa shape index (κ2) is 6.43. The standard InChI is InChI=1S/C16H22FNO3/c1-18(11-12-5-6-14(19)13(17)9-12)16(10-15(20)21)7-3-2-4-8-16/h5-6,9,19H,2-4,7-8,10-11H2,1H3,(H,20,21). The van der Waals surface area contributed by atoms with Gasteiger partial charge in [-0.1, -0.05) is 25.3 Å². The van der Waals surface area contributed by atoms with E-state index < -0.39 is 11.8 Å². The Morgan fingerprint density at radius 1 is 1.33 bits per heavy atom. The monoisotopic (exact) mass is 295 g/mol. The van der Waals surface area contributed by atoms with Crippen molar-refractivity contribution < 1.29 is 19.4 Å². The molecule has 0 radical (unpaired) electrons. The van der Waals surface area contributed by atoms with Crippen molar-refractivity contribution in [2.45, 2.75) is 50.6 Å². The molecule has 0 bridgehead atoms. The predicted molar refractivity (Wildman–Crippen MR) is 77.6 cm³/mol. The maximum atomic E-state index is 13.4. The van der Waals surface area contributed by atoms with Crippen molar-refractivity contribution >= 4 is 5.97 Å². The van der Waals surface area contributed by atoms with Crippen LogP contribution < -0.4 is 0 Å². The lowest BCUT2D eigenvalue weighted by molar-refractivity contribution is -0.141. The summed E-state index contributed by atoms with van der Waals surface area (Å²) in [6, 6.07) is 4.32. The fourth-order valence-corrected chi connectivity index (χ4v) is 3.28. The van der Waals surface area contributed by atoms with Crippen LogP contribution in [0.2, 0.25) is 0 Å². The van der Waals surface area contributed by atoms with E-state index >= 15 is 0 Å². The molecule has 0 aromatic heterocycles. The third kappa shape index (κ3) is 3.73. The molecule has 1 saturated carbocycles. The van der Waals surface area contributed by atoms with Crippen molar-refractivity contribution in [1.29, 1.82) is 0 Å². The topological polar surface area (TPSA) is 60.8 Å². The second-order valence-corrected chi connectivity index (χ2v) is 6.00. The smallest absolute Gasteiger partial charge is 0.305 e. The predicted octanol–water partition coefficient (Wildman–Crippen LogP) is 3.14. The Labute approximate surface area is 124 Å². The average molecular weight is 295 g/mol. The van der Waals surface area contributed by atoms with Crippen molar-refractivity contribution in [2.75, 3.05) is 7.05 Å². The molecule has 0 spiro atoms. The van der Waals surface area contributed by atoms with Gasteiger partial charge in [-0.25, -0.2) is 4.39 Å². The zero-order chi connectivity index (χ0) is 15.5. The van der Waals surface area contributed by atoms with E-state index in [9.17, 15) is 19.4 Å². The van der Waals surface area contributed by atoms with Gasteiger partial charge in [0.25, 0.3) is 0 Å². The fraction of sp³-hybridized carbons (Fsp3) is 0.562. The number of hydrogen-bond acceptors (Lipinski definition) is 3. The van der Waals surface area contributed by atoms with Gasteiger partial charge in [0.1, 0.15) is 0 Å². The summed E-state index contributed by atoms with van der Waals surface area (Å²) < 4.78 is 13.4. The first kappa shape index (κ1) is 15.8. The first-order valence-electron chi connectivity index (χ1n) is 7.33. The van der Waals surface area contributed by atoms with Gasteiger partial charge in [0.05, 0.1) is 6.42 Å². The number of aliphatic carboxylic acids is 1. The minimum Gasteiger partial charge on any atom is -0.505 e. The molecule has 4 nitrogen and oxygen atoms in total. The average Bonchev–Trinajstić information content (AvgIpc) is 2.43. The number of phenols is 1. The number of aromatic hydroxyl groups is 1. The maximum Gasteiger partial charge on any atom is 0.305 e. The molecule has 0 heterocycles. The molecule has 0 saturated heterocycles. The van der Waals surface area contributed by atoms with E-state index in [4.69, 9.17) is 0 Å². The molecular formula is C16H22FNO3. The Hall–Kier alpha value is -1.62. The molecule has 116 valence electrons. The van der Waals surface area contributed by atoms with E-state index in [2.05, 4.69) is 0 Å². The summed E-state index contributed by atoms with van der Waals surface area (Å²) in [7, 11) is 1.90. The summed E-state index contributed by atoms with van der Waals surface area (Å²) >= 11 is 0. The van der Waals surface area contributed by atoms with E-state index in [-0.39, 0.29) is 17.7 Å². The SMILES string of the molecule is CN(Cc1ccc(O)c(F)c1)C1(CC(=O)O)CCCCC1.